The van der Waals surface area contributed by atoms with Crippen LogP contribution in [0, 0.1) is 5.82 Å². The standard InChI is InChI=1S/C23H19ClFN9O2/c1-32-28-16-5-2-13(10-17(16)29-32)27-23(36)19-6-3-14-8-12(9-20(35)34(14)19)21-18(33-11-26-30-31-33)7-4-15(24)22(21)25/h2,4-5,7,9-11,14,19H,3,6,8H2,1H3,(H,27,36)/t14-,19+/m1/s1. The molecule has 4 heterocycles. The lowest BCUT2D eigenvalue weighted by Crippen LogP contribution is -2.48. The zero-order valence-corrected chi connectivity index (χ0v) is 19.7. The van der Waals surface area contributed by atoms with Crippen LogP contribution in [0.5, 0.6) is 0 Å². The van der Waals surface area contributed by atoms with Crippen molar-refractivity contribution in [3.63, 3.8) is 0 Å². The highest BCUT2D eigenvalue weighted by atomic mass is 35.5. The summed E-state index contributed by atoms with van der Waals surface area (Å²) < 4.78 is 16.5. The number of hydrogen-bond acceptors (Lipinski definition) is 7. The molecule has 1 fully saturated rings. The molecular formula is C23H19ClFN9O2. The molecule has 0 spiro atoms. The summed E-state index contributed by atoms with van der Waals surface area (Å²) in [6.07, 6.45) is 4.18. The Morgan fingerprint density at radius 1 is 1.17 bits per heavy atom. The highest BCUT2D eigenvalue weighted by molar-refractivity contribution is 6.31. The molecule has 2 amide bonds. The van der Waals surface area contributed by atoms with Gasteiger partial charge in [-0.3, -0.25) is 9.59 Å². The molecular weight excluding hydrogens is 489 g/mol. The molecule has 0 unspecified atom stereocenters. The van der Waals surface area contributed by atoms with Crippen LogP contribution in [0.1, 0.15) is 24.8 Å². The van der Waals surface area contributed by atoms with Crippen LogP contribution >= 0.6 is 11.6 Å². The summed E-state index contributed by atoms with van der Waals surface area (Å²) in [5.74, 6) is -1.29. The lowest BCUT2D eigenvalue weighted by molar-refractivity contribution is -0.135. The van der Waals surface area contributed by atoms with Crippen LogP contribution in [-0.4, -0.2) is 64.0 Å². The Morgan fingerprint density at radius 2 is 2.00 bits per heavy atom. The number of tetrazole rings is 1. The van der Waals surface area contributed by atoms with Crippen LogP contribution in [0.3, 0.4) is 0 Å². The normalized spacial score (nSPS) is 19.5. The average molecular weight is 508 g/mol. The molecule has 13 heteroatoms. The summed E-state index contributed by atoms with van der Waals surface area (Å²) in [6, 6.07) is 7.40. The SMILES string of the molecule is Cn1nc2ccc(NC(=O)[C@@H]3CC[C@@H]4CC(c5c(-n6cnnn6)ccc(Cl)c5F)=CC(=O)N43)cc2n1. The molecule has 0 aliphatic carbocycles. The van der Waals surface area contributed by atoms with Gasteiger partial charge in [-0.2, -0.15) is 19.7 Å². The van der Waals surface area contributed by atoms with Crippen molar-refractivity contribution in [1.82, 2.24) is 40.1 Å². The number of carbonyl (C=O) groups is 2. The maximum absolute atomic E-state index is 15.2. The quantitative estimate of drug-likeness (QED) is 0.450. The predicted molar refractivity (Wildman–Crippen MR) is 128 cm³/mol. The Hall–Kier alpha value is -4.19. The number of nitrogens with zero attached hydrogens (tertiary/aromatic N) is 8. The summed E-state index contributed by atoms with van der Waals surface area (Å²) >= 11 is 6.07. The van der Waals surface area contributed by atoms with Crippen LogP contribution in [0.2, 0.25) is 5.02 Å². The van der Waals surface area contributed by atoms with E-state index < -0.39 is 11.9 Å². The number of carbonyl (C=O) groups excluding carboxylic acids is 2. The van der Waals surface area contributed by atoms with Gasteiger partial charge in [0.2, 0.25) is 11.8 Å². The Balaban J connectivity index is 1.28. The molecule has 1 saturated heterocycles. The van der Waals surface area contributed by atoms with Crippen molar-refractivity contribution >= 4 is 45.7 Å². The van der Waals surface area contributed by atoms with Gasteiger partial charge in [0.1, 0.15) is 23.4 Å². The van der Waals surface area contributed by atoms with Gasteiger partial charge < -0.3 is 10.2 Å². The second-order valence-corrected chi connectivity index (χ2v) is 9.17. The molecule has 2 aromatic heterocycles. The van der Waals surface area contributed by atoms with Crippen molar-refractivity contribution in [2.24, 2.45) is 7.05 Å². The largest absolute Gasteiger partial charge is 0.324 e. The van der Waals surface area contributed by atoms with Gasteiger partial charge in [-0.25, -0.2) is 4.39 Å². The Kier molecular flexibility index (Phi) is 5.25. The highest BCUT2D eigenvalue weighted by Gasteiger charge is 2.43. The number of rotatable bonds is 4. The van der Waals surface area contributed by atoms with Crippen molar-refractivity contribution < 1.29 is 14.0 Å². The van der Waals surface area contributed by atoms with E-state index in [0.29, 0.717) is 41.7 Å². The van der Waals surface area contributed by atoms with E-state index in [2.05, 4.69) is 31.0 Å². The molecule has 182 valence electrons. The van der Waals surface area contributed by atoms with E-state index >= 15 is 4.39 Å². The molecule has 0 saturated carbocycles. The fourth-order valence-corrected chi connectivity index (χ4v) is 5.18. The van der Waals surface area contributed by atoms with Crippen LogP contribution in [0.25, 0.3) is 22.3 Å². The molecule has 2 atom stereocenters. The van der Waals surface area contributed by atoms with Gasteiger partial charge in [0.25, 0.3) is 0 Å². The minimum atomic E-state index is -0.649. The average Bonchev–Trinajstić information content (AvgIpc) is 3.59. The molecule has 2 aromatic carbocycles. The molecule has 2 aliphatic heterocycles. The zero-order chi connectivity index (χ0) is 25.0. The number of hydrogen-bond donors (Lipinski definition) is 1. The van der Waals surface area contributed by atoms with E-state index in [1.54, 1.807) is 36.2 Å². The first-order chi connectivity index (χ1) is 17.4. The Morgan fingerprint density at radius 3 is 2.81 bits per heavy atom. The van der Waals surface area contributed by atoms with Crippen molar-refractivity contribution in [2.75, 3.05) is 5.32 Å². The van der Waals surface area contributed by atoms with E-state index in [4.69, 9.17) is 11.6 Å². The lowest BCUT2D eigenvalue weighted by atomic mass is 9.92. The number of anilines is 1. The smallest absolute Gasteiger partial charge is 0.247 e. The maximum atomic E-state index is 15.2. The van der Waals surface area contributed by atoms with E-state index in [1.165, 1.54) is 27.9 Å². The first-order valence-corrected chi connectivity index (χ1v) is 11.6. The van der Waals surface area contributed by atoms with Gasteiger partial charge in [0.15, 0.2) is 5.82 Å². The fraction of sp³-hybridized carbons (Fsp3) is 0.261. The molecule has 2 aliphatic rings. The lowest BCUT2D eigenvalue weighted by Gasteiger charge is -2.33. The topological polar surface area (TPSA) is 124 Å². The predicted octanol–water partition coefficient (Wildman–Crippen LogP) is 2.52. The van der Waals surface area contributed by atoms with Crippen LogP contribution < -0.4 is 5.32 Å². The summed E-state index contributed by atoms with van der Waals surface area (Å²) in [5, 5.41) is 22.4. The number of halogens is 2. The van der Waals surface area contributed by atoms with Crippen LogP contribution in [-0.2, 0) is 16.6 Å². The summed E-state index contributed by atoms with van der Waals surface area (Å²) in [6.45, 7) is 0. The minimum Gasteiger partial charge on any atom is -0.324 e. The third-order valence-electron chi connectivity index (χ3n) is 6.55. The highest BCUT2D eigenvalue weighted by Crippen LogP contribution is 2.40. The first kappa shape index (κ1) is 22.3. The van der Waals surface area contributed by atoms with Crippen molar-refractivity contribution in [1.29, 1.82) is 0 Å². The number of nitrogens with one attached hydrogen (secondary N) is 1. The van der Waals surface area contributed by atoms with Gasteiger partial charge in [0.05, 0.1) is 10.7 Å². The van der Waals surface area contributed by atoms with Gasteiger partial charge >= 0.3 is 0 Å². The van der Waals surface area contributed by atoms with Crippen LogP contribution in [0.4, 0.5) is 10.1 Å². The van der Waals surface area contributed by atoms with E-state index in [1.807, 2.05) is 0 Å². The third-order valence-corrected chi connectivity index (χ3v) is 6.84. The van der Waals surface area contributed by atoms with E-state index in [0.717, 1.165) is 5.52 Å². The Labute approximate surface area is 208 Å². The van der Waals surface area contributed by atoms with E-state index in [9.17, 15) is 9.59 Å². The van der Waals surface area contributed by atoms with Gasteiger partial charge in [-0.05, 0) is 65.6 Å². The van der Waals surface area contributed by atoms with Gasteiger partial charge in [0, 0.05) is 30.4 Å². The minimum absolute atomic E-state index is 0.0682. The molecule has 11 nitrogen and oxygen atoms in total. The second-order valence-electron chi connectivity index (χ2n) is 8.76. The van der Waals surface area contributed by atoms with Crippen LogP contribution in [0.15, 0.2) is 42.7 Å². The Bertz CT molecular complexity index is 1550. The number of benzene rings is 2. The fourth-order valence-electron chi connectivity index (χ4n) is 5.02. The van der Waals surface area contributed by atoms with Crippen molar-refractivity contribution in [3.8, 4) is 5.69 Å². The number of aryl methyl sites for hydroxylation is 1. The molecule has 6 rings (SSSR count). The molecule has 4 aromatic rings. The van der Waals surface area contributed by atoms with E-state index in [-0.39, 0.29) is 28.4 Å². The number of amides is 2. The summed E-state index contributed by atoms with van der Waals surface area (Å²) in [7, 11) is 1.72. The molecule has 36 heavy (non-hydrogen) atoms. The van der Waals surface area contributed by atoms with Crippen molar-refractivity contribution in [2.45, 2.75) is 31.3 Å². The monoisotopic (exact) mass is 507 g/mol. The molecule has 1 N–H and O–H groups in total. The third kappa shape index (κ3) is 3.70. The van der Waals surface area contributed by atoms with Crippen molar-refractivity contribution in [3.05, 3.63) is 59.1 Å². The maximum Gasteiger partial charge on any atom is 0.247 e. The second kappa shape index (κ2) is 8.48. The van der Waals surface area contributed by atoms with Gasteiger partial charge in [-0.15, -0.1) is 5.10 Å². The first-order valence-electron chi connectivity index (χ1n) is 11.3. The molecule has 0 bridgehead atoms. The number of aromatic nitrogens is 7. The molecule has 0 radical (unpaired) electrons. The summed E-state index contributed by atoms with van der Waals surface area (Å²) in [4.78, 5) is 29.4. The number of fused-ring (bicyclic) bond motifs is 2. The zero-order valence-electron chi connectivity index (χ0n) is 19.0. The summed E-state index contributed by atoms with van der Waals surface area (Å²) in [5.41, 5.74) is 2.98. The van der Waals surface area contributed by atoms with Gasteiger partial charge in [-0.1, -0.05) is 11.6 Å².